The number of aromatic nitrogens is 3. The maximum atomic E-state index is 13.0. The standard InChI is InChI=1S/C25H24N4O2/c1-16-7-5-9-19(15-16)24-27-23(25(30)26-22-10-6-8-17(2)18(22)3)28-29(24)20-11-13-21(31-4)14-12-20/h5-15H,1-4H3,(H,26,30). The van der Waals surface area contributed by atoms with E-state index in [0.717, 1.165) is 39.4 Å². The zero-order valence-corrected chi connectivity index (χ0v) is 18.0. The van der Waals surface area contributed by atoms with E-state index >= 15 is 0 Å². The zero-order valence-electron chi connectivity index (χ0n) is 18.0. The zero-order chi connectivity index (χ0) is 22.0. The van der Waals surface area contributed by atoms with Crippen LogP contribution in [0.25, 0.3) is 17.1 Å². The van der Waals surface area contributed by atoms with Crippen LogP contribution in [-0.4, -0.2) is 27.8 Å². The fourth-order valence-electron chi connectivity index (χ4n) is 3.35. The molecule has 3 aromatic carbocycles. The summed E-state index contributed by atoms with van der Waals surface area (Å²) >= 11 is 0. The van der Waals surface area contributed by atoms with Crippen LogP contribution in [0.15, 0.2) is 66.7 Å². The van der Waals surface area contributed by atoms with E-state index in [2.05, 4.69) is 15.4 Å². The van der Waals surface area contributed by atoms with Gasteiger partial charge < -0.3 is 10.1 Å². The molecule has 0 saturated heterocycles. The predicted molar refractivity (Wildman–Crippen MR) is 122 cm³/mol. The van der Waals surface area contributed by atoms with Crippen molar-refractivity contribution < 1.29 is 9.53 Å². The number of rotatable bonds is 5. The molecule has 0 saturated carbocycles. The highest BCUT2D eigenvalue weighted by molar-refractivity contribution is 6.02. The Morgan fingerprint density at radius 1 is 0.968 bits per heavy atom. The molecule has 0 aliphatic heterocycles. The molecule has 0 spiro atoms. The lowest BCUT2D eigenvalue weighted by Gasteiger charge is -2.08. The van der Waals surface area contributed by atoms with Crippen LogP contribution in [0.2, 0.25) is 0 Å². The van der Waals surface area contributed by atoms with Crippen LogP contribution in [0.3, 0.4) is 0 Å². The Morgan fingerprint density at radius 2 is 1.71 bits per heavy atom. The van der Waals surface area contributed by atoms with Crippen LogP contribution < -0.4 is 10.1 Å². The molecular weight excluding hydrogens is 388 g/mol. The third-order valence-electron chi connectivity index (χ3n) is 5.26. The van der Waals surface area contributed by atoms with Gasteiger partial charge in [0.1, 0.15) is 5.75 Å². The maximum absolute atomic E-state index is 13.0. The summed E-state index contributed by atoms with van der Waals surface area (Å²) in [7, 11) is 1.62. The van der Waals surface area contributed by atoms with Gasteiger partial charge in [-0.05, 0) is 68.3 Å². The summed E-state index contributed by atoms with van der Waals surface area (Å²) in [6.45, 7) is 6.01. The topological polar surface area (TPSA) is 69.0 Å². The van der Waals surface area contributed by atoms with Crippen molar-refractivity contribution in [3.8, 4) is 22.8 Å². The van der Waals surface area contributed by atoms with Gasteiger partial charge in [0, 0.05) is 11.3 Å². The van der Waals surface area contributed by atoms with Crippen molar-refractivity contribution in [1.82, 2.24) is 14.8 Å². The average Bonchev–Trinajstić information content (AvgIpc) is 3.23. The van der Waals surface area contributed by atoms with E-state index in [9.17, 15) is 4.79 Å². The number of methoxy groups -OCH3 is 1. The smallest absolute Gasteiger partial charge is 0.295 e. The number of hydrogen-bond donors (Lipinski definition) is 1. The van der Waals surface area contributed by atoms with Gasteiger partial charge in [0.25, 0.3) is 5.91 Å². The predicted octanol–water partition coefficient (Wildman–Crippen LogP) is 5.12. The summed E-state index contributed by atoms with van der Waals surface area (Å²) in [5, 5.41) is 7.49. The van der Waals surface area contributed by atoms with Crippen molar-refractivity contribution in [2.75, 3.05) is 12.4 Å². The molecular formula is C25H24N4O2. The van der Waals surface area contributed by atoms with Crippen molar-refractivity contribution in [1.29, 1.82) is 0 Å². The molecule has 0 fully saturated rings. The molecule has 156 valence electrons. The third kappa shape index (κ3) is 4.19. The van der Waals surface area contributed by atoms with Gasteiger partial charge in [-0.2, -0.15) is 0 Å². The Labute approximate surface area is 181 Å². The summed E-state index contributed by atoms with van der Waals surface area (Å²) in [6, 6.07) is 21.3. The van der Waals surface area contributed by atoms with Crippen LogP contribution in [0, 0.1) is 20.8 Å². The van der Waals surface area contributed by atoms with Crippen molar-refractivity contribution >= 4 is 11.6 Å². The summed E-state index contributed by atoms with van der Waals surface area (Å²) in [5.74, 6) is 1.09. The third-order valence-corrected chi connectivity index (χ3v) is 5.26. The normalized spacial score (nSPS) is 10.7. The molecule has 0 aliphatic rings. The Balaban J connectivity index is 1.77. The Hall–Kier alpha value is -3.93. The largest absolute Gasteiger partial charge is 0.497 e. The summed E-state index contributed by atoms with van der Waals surface area (Å²) in [5.41, 5.74) is 5.65. The van der Waals surface area contributed by atoms with Crippen LogP contribution in [0.4, 0.5) is 5.69 Å². The number of aryl methyl sites for hydroxylation is 2. The second kappa shape index (κ2) is 8.44. The highest BCUT2D eigenvalue weighted by atomic mass is 16.5. The first-order valence-corrected chi connectivity index (χ1v) is 10.0. The minimum atomic E-state index is -0.352. The lowest BCUT2D eigenvalue weighted by molar-refractivity contribution is 0.101. The highest BCUT2D eigenvalue weighted by Gasteiger charge is 2.20. The number of nitrogens with zero attached hydrogens (tertiary/aromatic N) is 3. The molecule has 1 amide bonds. The molecule has 0 unspecified atom stereocenters. The molecule has 0 atom stereocenters. The lowest BCUT2D eigenvalue weighted by atomic mass is 10.1. The van der Waals surface area contributed by atoms with E-state index in [1.165, 1.54) is 0 Å². The monoisotopic (exact) mass is 412 g/mol. The Bertz CT molecular complexity index is 1240. The van der Waals surface area contributed by atoms with E-state index in [1.807, 2.05) is 87.5 Å². The van der Waals surface area contributed by atoms with E-state index in [4.69, 9.17) is 4.74 Å². The summed E-state index contributed by atoms with van der Waals surface area (Å²) < 4.78 is 6.94. The van der Waals surface area contributed by atoms with E-state index in [0.29, 0.717) is 5.82 Å². The highest BCUT2D eigenvalue weighted by Crippen LogP contribution is 2.24. The van der Waals surface area contributed by atoms with E-state index in [1.54, 1.807) is 11.8 Å². The van der Waals surface area contributed by atoms with Crippen molar-refractivity contribution in [2.24, 2.45) is 0 Å². The number of amides is 1. The number of anilines is 1. The minimum absolute atomic E-state index is 0.105. The van der Waals surface area contributed by atoms with E-state index in [-0.39, 0.29) is 11.7 Å². The molecule has 6 heteroatoms. The molecule has 4 aromatic rings. The average molecular weight is 412 g/mol. The first kappa shape index (κ1) is 20.3. The second-order valence-corrected chi connectivity index (χ2v) is 7.44. The van der Waals surface area contributed by atoms with Crippen molar-refractivity contribution in [2.45, 2.75) is 20.8 Å². The lowest BCUT2D eigenvalue weighted by Crippen LogP contribution is -2.15. The quantitative estimate of drug-likeness (QED) is 0.494. The molecule has 0 aliphatic carbocycles. The van der Waals surface area contributed by atoms with E-state index < -0.39 is 0 Å². The first-order valence-electron chi connectivity index (χ1n) is 10.0. The number of ether oxygens (including phenoxy) is 1. The van der Waals surface area contributed by atoms with Crippen molar-refractivity contribution in [3.05, 3.63) is 89.2 Å². The van der Waals surface area contributed by atoms with Gasteiger partial charge >= 0.3 is 0 Å². The SMILES string of the molecule is COc1ccc(-n2nc(C(=O)Nc3cccc(C)c3C)nc2-c2cccc(C)c2)cc1. The molecule has 1 N–H and O–H groups in total. The molecule has 0 radical (unpaired) electrons. The van der Waals surface area contributed by atoms with Gasteiger partial charge in [-0.3, -0.25) is 4.79 Å². The molecule has 1 heterocycles. The van der Waals surface area contributed by atoms with Crippen LogP contribution in [-0.2, 0) is 0 Å². The molecule has 1 aromatic heterocycles. The number of carbonyl (C=O) groups excluding carboxylic acids is 1. The van der Waals surface area contributed by atoms with Crippen LogP contribution in [0.1, 0.15) is 27.3 Å². The fourth-order valence-corrected chi connectivity index (χ4v) is 3.35. The molecule has 6 nitrogen and oxygen atoms in total. The van der Waals surface area contributed by atoms with Gasteiger partial charge in [-0.15, -0.1) is 5.10 Å². The minimum Gasteiger partial charge on any atom is -0.497 e. The summed E-state index contributed by atoms with van der Waals surface area (Å²) in [6.07, 6.45) is 0. The molecule has 0 bridgehead atoms. The number of benzene rings is 3. The van der Waals surface area contributed by atoms with Gasteiger partial charge in [-0.25, -0.2) is 9.67 Å². The molecule has 4 rings (SSSR count). The van der Waals surface area contributed by atoms with Gasteiger partial charge in [0.15, 0.2) is 5.82 Å². The summed E-state index contributed by atoms with van der Waals surface area (Å²) in [4.78, 5) is 17.6. The van der Waals surface area contributed by atoms with Gasteiger partial charge in [0.2, 0.25) is 5.82 Å². The fraction of sp³-hybridized carbons (Fsp3) is 0.160. The van der Waals surface area contributed by atoms with Crippen LogP contribution >= 0.6 is 0 Å². The number of hydrogen-bond acceptors (Lipinski definition) is 4. The maximum Gasteiger partial charge on any atom is 0.295 e. The number of carbonyl (C=O) groups is 1. The number of nitrogens with one attached hydrogen (secondary N) is 1. The van der Waals surface area contributed by atoms with Gasteiger partial charge in [0.05, 0.1) is 12.8 Å². The second-order valence-electron chi connectivity index (χ2n) is 7.44. The van der Waals surface area contributed by atoms with Gasteiger partial charge in [-0.1, -0.05) is 35.9 Å². The van der Waals surface area contributed by atoms with Crippen molar-refractivity contribution in [3.63, 3.8) is 0 Å². The first-order chi connectivity index (χ1) is 15.0. The Morgan fingerprint density at radius 3 is 2.42 bits per heavy atom. The Kier molecular flexibility index (Phi) is 5.54. The molecule has 31 heavy (non-hydrogen) atoms. The van der Waals surface area contributed by atoms with Crippen LogP contribution in [0.5, 0.6) is 5.75 Å².